The van der Waals surface area contributed by atoms with Gasteiger partial charge in [-0.2, -0.15) is 5.10 Å². The number of benzene rings is 1. The third-order valence-corrected chi connectivity index (χ3v) is 4.98. The molecule has 0 atom stereocenters. The molecule has 0 saturated carbocycles. The Labute approximate surface area is 158 Å². The van der Waals surface area contributed by atoms with Crippen LogP contribution in [0.1, 0.15) is 10.4 Å². The van der Waals surface area contributed by atoms with Crippen molar-refractivity contribution in [3.63, 3.8) is 0 Å². The van der Waals surface area contributed by atoms with Crippen molar-refractivity contribution in [2.45, 2.75) is 11.7 Å². The number of hydrogen-bond acceptors (Lipinski definition) is 8. The highest BCUT2D eigenvalue weighted by Gasteiger charge is 2.11. The number of anilines is 1. The number of aromatic nitrogens is 3. The van der Waals surface area contributed by atoms with Gasteiger partial charge in [-0.05, 0) is 17.0 Å². The first-order chi connectivity index (χ1) is 12.7. The number of nitrogen functional groups attached to an aromatic ring is 1. The van der Waals surface area contributed by atoms with Gasteiger partial charge in [-0.3, -0.25) is 4.79 Å². The summed E-state index contributed by atoms with van der Waals surface area (Å²) in [4.78, 5) is 12.9. The van der Waals surface area contributed by atoms with Crippen LogP contribution < -0.4 is 16.6 Å². The van der Waals surface area contributed by atoms with Crippen LogP contribution in [-0.2, 0) is 11.3 Å². The number of nitrogens with one attached hydrogen (secondary N) is 2. The second-order valence-electron chi connectivity index (χ2n) is 5.11. The van der Waals surface area contributed by atoms with Gasteiger partial charge in [-0.15, -0.1) is 21.5 Å². The number of carbonyl (C=O) groups is 1. The maximum Gasteiger partial charge on any atom is 0.264 e. The molecule has 0 bridgehead atoms. The van der Waals surface area contributed by atoms with Crippen molar-refractivity contribution in [1.29, 1.82) is 0 Å². The Morgan fingerprint density at radius 3 is 2.88 bits per heavy atom. The fraction of sp³-hybridized carbons (Fsp3) is 0.125. The van der Waals surface area contributed by atoms with E-state index >= 15 is 0 Å². The lowest BCUT2D eigenvalue weighted by Crippen LogP contribution is -2.25. The van der Waals surface area contributed by atoms with E-state index in [-0.39, 0.29) is 11.7 Å². The summed E-state index contributed by atoms with van der Waals surface area (Å²) in [5.74, 6) is 6.31. The van der Waals surface area contributed by atoms with Crippen LogP contribution in [0.25, 0.3) is 0 Å². The number of rotatable bonds is 8. The molecular formula is C16H17N7OS2. The molecule has 8 nitrogen and oxygen atoms in total. The molecule has 10 heteroatoms. The van der Waals surface area contributed by atoms with Crippen molar-refractivity contribution in [3.05, 3.63) is 58.3 Å². The van der Waals surface area contributed by atoms with Crippen molar-refractivity contribution in [3.8, 4) is 0 Å². The third-order valence-electron chi connectivity index (χ3n) is 3.23. The zero-order valence-corrected chi connectivity index (χ0v) is 15.3. The Bertz CT molecular complexity index is 862. The van der Waals surface area contributed by atoms with Crippen molar-refractivity contribution in [2.24, 2.45) is 5.10 Å². The van der Waals surface area contributed by atoms with Crippen molar-refractivity contribution in [2.75, 3.05) is 17.0 Å². The molecule has 0 unspecified atom stereocenters. The molecule has 0 spiro atoms. The van der Waals surface area contributed by atoms with E-state index in [9.17, 15) is 4.79 Å². The van der Waals surface area contributed by atoms with Gasteiger partial charge in [0.1, 0.15) is 0 Å². The van der Waals surface area contributed by atoms with Gasteiger partial charge in [-0.1, -0.05) is 48.2 Å². The van der Waals surface area contributed by atoms with Gasteiger partial charge >= 0.3 is 0 Å². The first kappa shape index (κ1) is 18.0. The van der Waals surface area contributed by atoms with Crippen LogP contribution in [0.4, 0.5) is 5.95 Å². The summed E-state index contributed by atoms with van der Waals surface area (Å²) in [5, 5.41) is 17.2. The first-order valence-corrected chi connectivity index (χ1v) is 9.55. The number of hydrogen-bond donors (Lipinski definition) is 3. The number of amides is 1. The van der Waals surface area contributed by atoms with E-state index in [0.29, 0.717) is 17.6 Å². The zero-order chi connectivity index (χ0) is 18.2. The van der Waals surface area contributed by atoms with Crippen LogP contribution in [0.2, 0.25) is 0 Å². The second kappa shape index (κ2) is 9.02. The molecule has 0 aliphatic heterocycles. The number of nitrogens with zero attached hydrogens (tertiary/aromatic N) is 4. The van der Waals surface area contributed by atoms with Crippen molar-refractivity contribution >= 4 is 41.2 Å². The van der Waals surface area contributed by atoms with Crippen LogP contribution in [-0.4, -0.2) is 32.7 Å². The summed E-state index contributed by atoms with van der Waals surface area (Å²) >= 11 is 2.77. The number of carbonyl (C=O) groups excluding carboxylic acids is 1. The van der Waals surface area contributed by atoms with E-state index in [2.05, 4.69) is 26.0 Å². The average molecular weight is 387 g/mol. The summed E-state index contributed by atoms with van der Waals surface area (Å²) in [6.07, 6.45) is 1.67. The Morgan fingerprint density at radius 1 is 1.27 bits per heavy atom. The molecular weight excluding hydrogens is 370 g/mol. The predicted octanol–water partition coefficient (Wildman–Crippen LogP) is 1.91. The fourth-order valence-corrected chi connectivity index (χ4v) is 3.22. The molecule has 2 aromatic heterocycles. The number of nitrogens with two attached hydrogens (primary N) is 1. The Morgan fingerprint density at radius 2 is 2.12 bits per heavy atom. The SMILES string of the molecule is Nn1c(N/N=C/c2cccs2)nnc1SCC(=O)NCc1ccccc1. The summed E-state index contributed by atoms with van der Waals surface area (Å²) in [5.41, 5.74) is 3.78. The fourth-order valence-electron chi connectivity index (χ4n) is 1.95. The van der Waals surface area contributed by atoms with Gasteiger partial charge in [-0.25, -0.2) is 10.1 Å². The molecule has 0 aliphatic carbocycles. The van der Waals surface area contributed by atoms with E-state index in [1.54, 1.807) is 17.6 Å². The molecule has 0 radical (unpaired) electrons. The van der Waals surface area contributed by atoms with Gasteiger partial charge in [0.05, 0.1) is 12.0 Å². The van der Waals surface area contributed by atoms with Crippen LogP contribution in [0.5, 0.6) is 0 Å². The van der Waals surface area contributed by atoms with E-state index in [1.165, 1.54) is 16.4 Å². The van der Waals surface area contributed by atoms with E-state index < -0.39 is 0 Å². The summed E-state index contributed by atoms with van der Waals surface area (Å²) < 4.78 is 1.26. The smallest absolute Gasteiger partial charge is 0.264 e. The topological polar surface area (TPSA) is 110 Å². The van der Waals surface area contributed by atoms with E-state index in [4.69, 9.17) is 5.84 Å². The van der Waals surface area contributed by atoms with E-state index in [0.717, 1.165) is 10.4 Å². The monoisotopic (exact) mass is 387 g/mol. The molecule has 0 aliphatic rings. The largest absolute Gasteiger partial charge is 0.351 e. The maximum atomic E-state index is 11.9. The Kier molecular flexibility index (Phi) is 6.23. The predicted molar refractivity (Wildman–Crippen MR) is 105 cm³/mol. The van der Waals surface area contributed by atoms with E-state index in [1.807, 2.05) is 47.8 Å². The third kappa shape index (κ3) is 5.07. The molecule has 3 aromatic rings. The summed E-state index contributed by atoms with van der Waals surface area (Å²) in [7, 11) is 0. The molecule has 0 fully saturated rings. The second-order valence-corrected chi connectivity index (χ2v) is 7.03. The lowest BCUT2D eigenvalue weighted by Gasteiger charge is -2.05. The highest BCUT2D eigenvalue weighted by atomic mass is 32.2. The number of thioether (sulfide) groups is 1. The highest BCUT2D eigenvalue weighted by molar-refractivity contribution is 7.99. The van der Waals surface area contributed by atoms with Crippen molar-refractivity contribution < 1.29 is 4.79 Å². The van der Waals surface area contributed by atoms with Gasteiger partial charge in [0.25, 0.3) is 5.95 Å². The molecule has 0 saturated heterocycles. The van der Waals surface area contributed by atoms with Crippen LogP contribution >= 0.6 is 23.1 Å². The standard InChI is InChI=1S/C16H17N7OS2/c17-23-15(20-19-10-13-7-4-8-25-13)21-22-16(23)26-11-14(24)18-9-12-5-2-1-3-6-12/h1-8,10H,9,11,17H2,(H,18,24)(H,20,21)/b19-10+. The number of hydrazone groups is 1. The minimum Gasteiger partial charge on any atom is -0.351 e. The molecule has 26 heavy (non-hydrogen) atoms. The zero-order valence-electron chi connectivity index (χ0n) is 13.7. The molecule has 3 rings (SSSR count). The number of thiophene rings is 1. The van der Waals surface area contributed by atoms with Gasteiger partial charge in [0, 0.05) is 11.4 Å². The Hall–Kier alpha value is -2.85. The van der Waals surface area contributed by atoms with Crippen LogP contribution in [0.3, 0.4) is 0 Å². The quantitative estimate of drug-likeness (QED) is 0.236. The van der Waals surface area contributed by atoms with Crippen LogP contribution in [0.15, 0.2) is 58.1 Å². The molecule has 134 valence electrons. The van der Waals surface area contributed by atoms with Gasteiger partial charge < -0.3 is 11.2 Å². The molecule has 4 N–H and O–H groups in total. The molecule has 1 amide bonds. The Balaban J connectivity index is 1.46. The van der Waals surface area contributed by atoms with Gasteiger partial charge in [0.2, 0.25) is 11.1 Å². The lowest BCUT2D eigenvalue weighted by atomic mass is 10.2. The lowest BCUT2D eigenvalue weighted by molar-refractivity contribution is -0.118. The first-order valence-electron chi connectivity index (χ1n) is 7.69. The molecule has 1 aromatic carbocycles. The summed E-state index contributed by atoms with van der Waals surface area (Å²) in [6, 6.07) is 13.6. The van der Waals surface area contributed by atoms with Gasteiger partial charge in [0.15, 0.2) is 0 Å². The van der Waals surface area contributed by atoms with Crippen LogP contribution in [0, 0.1) is 0 Å². The highest BCUT2D eigenvalue weighted by Crippen LogP contribution is 2.16. The summed E-state index contributed by atoms with van der Waals surface area (Å²) in [6.45, 7) is 0.486. The minimum atomic E-state index is -0.105. The molecule has 2 heterocycles. The minimum absolute atomic E-state index is 0.105. The van der Waals surface area contributed by atoms with Crippen molar-refractivity contribution in [1.82, 2.24) is 20.2 Å². The average Bonchev–Trinajstić information content (AvgIpc) is 3.30. The normalized spacial score (nSPS) is 10.9. The maximum absolute atomic E-state index is 11.9.